The van der Waals surface area contributed by atoms with Crippen molar-refractivity contribution in [1.29, 1.82) is 0 Å². The highest BCUT2D eigenvalue weighted by atomic mass is 16.5. The number of carbonyl (C=O) groups excluding carboxylic acids is 1. The molecule has 0 aliphatic rings. The van der Waals surface area contributed by atoms with Crippen LogP contribution in [0.3, 0.4) is 0 Å². The Morgan fingerprint density at radius 3 is 2.60 bits per heavy atom. The van der Waals surface area contributed by atoms with Crippen LogP contribution in [0.4, 0.5) is 0 Å². The molecule has 1 atom stereocenters. The van der Waals surface area contributed by atoms with Gasteiger partial charge in [-0.05, 0) is 12.8 Å². The lowest BCUT2D eigenvalue weighted by atomic mass is 10.2. The van der Waals surface area contributed by atoms with Crippen molar-refractivity contribution in [3.63, 3.8) is 0 Å². The van der Waals surface area contributed by atoms with Crippen LogP contribution >= 0.6 is 0 Å². The standard InChI is InChI=1S/C9H15NO5/c1-2-3-6-15-9(13)7(10-14)4-5-8(11)12/h7H,2-6H2,1H3,(H,11,12). The number of carboxylic acid groups (broad SMARTS) is 1. The number of rotatable bonds is 8. The second-order valence-electron chi connectivity index (χ2n) is 3.07. The average Bonchev–Trinajstić information content (AvgIpc) is 2.18. The first-order valence-corrected chi connectivity index (χ1v) is 4.82. The monoisotopic (exact) mass is 217 g/mol. The third-order valence-electron chi connectivity index (χ3n) is 1.77. The lowest BCUT2D eigenvalue weighted by Gasteiger charge is -2.07. The molecule has 0 saturated heterocycles. The minimum absolute atomic E-state index is 0.107. The molecule has 15 heavy (non-hydrogen) atoms. The highest BCUT2D eigenvalue weighted by molar-refractivity contribution is 5.77. The SMILES string of the molecule is CCCCOC(=O)C(CCC(=O)O)N=O. The van der Waals surface area contributed by atoms with E-state index in [-0.39, 0.29) is 19.4 Å². The lowest BCUT2D eigenvalue weighted by molar-refractivity contribution is -0.145. The molecule has 0 amide bonds. The second-order valence-corrected chi connectivity index (χ2v) is 3.07. The summed E-state index contributed by atoms with van der Waals surface area (Å²) in [6.45, 7) is 2.18. The molecule has 0 rings (SSSR count). The van der Waals surface area contributed by atoms with E-state index in [1.807, 2.05) is 6.92 Å². The van der Waals surface area contributed by atoms with Crippen LogP contribution in [0.2, 0.25) is 0 Å². The summed E-state index contributed by atoms with van der Waals surface area (Å²) in [7, 11) is 0. The maximum atomic E-state index is 11.2. The number of hydrogen-bond donors (Lipinski definition) is 1. The van der Waals surface area contributed by atoms with Crippen molar-refractivity contribution < 1.29 is 19.4 Å². The third kappa shape index (κ3) is 6.59. The summed E-state index contributed by atoms with van der Waals surface area (Å²) >= 11 is 0. The third-order valence-corrected chi connectivity index (χ3v) is 1.77. The van der Waals surface area contributed by atoms with Crippen molar-refractivity contribution in [2.24, 2.45) is 5.18 Å². The van der Waals surface area contributed by atoms with Crippen molar-refractivity contribution >= 4 is 11.9 Å². The number of unbranched alkanes of at least 4 members (excludes halogenated alkanes) is 1. The van der Waals surface area contributed by atoms with E-state index in [9.17, 15) is 14.5 Å². The molecule has 1 N–H and O–H groups in total. The smallest absolute Gasteiger partial charge is 0.334 e. The number of carboxylic acids is 1. The topological polar surface area (TPSA) is 93.0 Å². The van der Waals surface area contributed by atoms with Crippen LogP contribution in [-0.2, 0) is 14.3 Å². The number of nitroso groups, excluding NO2 is 1. The minimum Gasteiger partial charge on any atom is -0.481 e. The zero-order valence-electron chi connectivity index (χ0n) is 8.64. The predicted octanol–water partition coefficient (Wildman–Crippen LogP) is 1.33. The molecule has 0 aromatic heterocycles. The van der Waals surface area contributed by atoms with Crippen molar-refractivity contribution in [3.05, 3.63) is 4.91 Å². The van der Waals surface area contributed by atoms with Gasteiger partial charge in [-0.3, -0.25) is 4.79 Å². The van der Waals surface area contributed by atoms with Crippen LogP contribution in [0.15, 0.2) is 5.18 Å². The first-order valence-electron chi connectivity index (χ1n) is 4.82. The second kappa shape index (κ2) is 7.90. The van der Waals surface area contributed by atoms with Crippen LogP contribution in [-0.4, -0.2) is 29.7 Å². The molecule has 0 aromatic rings. The van der Waals surface area contributed by atoms with Gasteiger partial charge in [0, 0.05) is 6.42 Å². The van der Waals surface area contributed by atoms with Gasteiger partial charge in [0.15, 0.2) is 6.04 Å². The Hall–Kier alpha value is -1.46. The molecule has 0 heterocycles. The van der Waals surface area contributed by atoms with E-state index in [2.05, 4.69) is 5.18 Å². The molecule has 0 fully saturated rings. The summed E-state index contributed by atoms with van der Waals surface area (Å²) in [6.07, 6.45) is 1.22. The van der Waals surface area contributed by atoms with E-state index in [0.717, 1.165) is 12.8 Å². The fourth-order valence-electron chi connectivity index (χ4n) is 0.887. The maximum Gasteiger partial charge on any atom is 0.334 e. The zero-order valence-corrected chi connectivity index (χ0v) is 8.64. The average molecular weight is 217 g/mol. The molecule has 0 bridgehead atoms. The van der Waals surface area contributed by atoms with Gasteiger partial charge < -0.3 is 9.84 Å². The van der Waals surface area contributed by atoms with Gasteiger partial charge in [0.1, 0.15) is 0 Å². The highest BCUT2D eigenvalue weighted by Gasteiger charge is 2.21. The predicted molar refractivity (Wildman–Crippen MR) is 52.3 cm³/mol. The normalized spacial score (nSPS) is 11.8. The van der Waals surface area contributed by atoms with Crippen LogP contribution in [0.25, 0.3) is 0 Å². The fourth-order valence-corrected chi connectivity index (χ4v) is 0.887. The number of hydrogen-bond acceptors (Lipinski definition) is 5. The van der Waals surface area contributed by atoms with E-state index in [4.69, 9.17) is 9.84 Å². The first-order chi connectivity index (χ1) is 7.11. The van der Waals surface area contributed by atoms with Gasteiger partial charge in [-0.2, -0.15) is 0 Å². The molecule has 86 valence electrons. The maximum absolute atomic E-state index is 11.2. The Labute approximate surface area is 87.6 Å². The van der Waals surface area contributed by atoms with Gasteiger partial charge in [0.25, 0.3) is 0 Å². The highest BCUT2D eigenvalue weighted by Crippen LogP contribution is 2.05. The molecular formula is C9H15NO5. The molecule has 0 saturated carbocycles. The van der Waals surface area contributed by atoms with Gasteiger partial charge in [-0.25, -0.2) is 4.79 Å². The van der Waals surface area contributed by atoms with Gasteiger partial charge in [0.2, 0.25) is 0 Å². The molecule has 0 aliphatic carbocycles. The Morgan fingerprint density at radius 1 is 1.47 bits per heavy atom. The number of nitrogens with zero attached hydrogens (tertiary/aromatic N) is 1. The summed E-state index contributed by atoms with van der Waals surface area (Å²) in [4.78, 5) is 31.6. The molecule has 0 radical (unpaired) electrons. The molecule has 0 spiro atoms. The Morgan fingerprint density at radius 2 is 2.13 bits per heavy atom. The molecule has 0 aliphatic heterocycles. The molecular weight excluding hydrogens is 202 g/mol. The van der Waals surface area contributed by atoms with Crippen LogP contribution in [0, 0.1) is 4.91 Å². The van der Waals surface area contributed by atoms with Crippen molar-refractivity contribution in [1.82, 2.24) is 0 Å². The van der Waals surface area contributed by atoms with Gasteiger partial charge in [0.05, 0.1) is 6.61 Å². The molecule has 1 unspecified atom stereocenters. The summed E-state index contributed by atoms with van der Waals surface area (Å²) in [5.74, 6) is -1.80. The van der Waals surface area contributed by atoms with Gasteiger partial charge in [-0.1, -0.05) is 18.5 Å². The number of ether oxygens (including phenoxy) is 1. The van der Waals surface area contributed by atoms with E-state index >= 15 is 0 Å². The van der Waals surface area contributed by atoms with Crippen LogP contribution < -0.4 is 0 Å². The summed E-state index contributed by atoms with van der Waals surface area (Å²) in [5, 5.41) is 10.9. The first kappa shape index (κ1) is 13.5. The fraction of sp³-hybridized carbons (Fsp3) is 0.778. The van der Waals surface area contributed by atoms with Crippen molar-refractivity contribution in [2.45, 2.75) is 38.6 Å². The Bertz CT molecular complexity index is 229. The summed E-state index contributed by atoms with van der Waals surface area (Å²) in [5.41, 5.74) is 0. The summed E-state index contributed by atoms with van der Waals surface area (Å²) in [6, 6.07) is -1.20. The van der Waals surface area contributed by atoms with E-state index < -0.39 is 18.0 Å². The van der Waals surface area contributed by atoms with E-state index in [1.54, 1.807) is 0 Å². The number of aliphatic carboxylic acids is 1. The van der Waals surface area contributed by atoms with Crippen molar-refractivity contribution in [3.8, 4) is 0 Å². The number of carbonyl (C=O) groups is 2. The zero-order chi connectivity index (χ0) is 11.7. The van der Waals surface area contributed by atoms with Gasteiger partial charge >= 0.3 is 11.9 Å². The lowest BCUT2D eigenvalue weighted by Crippen LogP contribution is -2.22. The van der Waals surface area contributed by atoms with E-state index in [1.165, 1.54) is 0 Å². The minimum atomic E-state index is -1.20. The summed E-state index contributed by atoms with van der Waals surface area (Å²) < 4.78 is 4.74. The Balaban J connectivity index is 3.88. The molecule has 6 nitrogen and oxygen atoms in total. The van der Waals surface area contributed by atoms with Gasteiger partial charge in [-0.15, -0.1) is 4.91 Å². The Kier molecular flexibility index (Phi) is 7.13. The number of esters is 1. The van der Waals surface area contributed by atoms with Crippen molar-refractivity contribution in [2.75, 3.05) is 6.61 Å². The van der Waals surface area contributed by atoms with E-state index in [0.29, 0.717) is 0 Å². The van der Waals surface area contributed by atoms with Crippen LogP contribution in [0.1, 0.15) is 32.6 Å². The molecule has 6 heteroatoms. The molecule has 0 aromatic carbocycles. The van der Waals surface area contributed by atoms with Crippen LogP contribution in [0.5, 0.6) is 0 Å². The quantitative estimate of drug-likeness (QED) is 0.376. The largest absolute Gasteiger partial charge is 0.481 e.